The largest absolute Gasteiger partial charge is 0.325 e. The van der Waals surface area contributed by atoms with Gasteiger partial charge in [0, 0.05) is 24.8 Å². The zero-order valence-corrected chi connectivity index (χ0v) is 11.6. The van der Waals surface area contributed by atoms with Gasteiger partial charge < -0.3 is 15.5 Å². The number of nitrogens with zero attached hydrogens (tertiary/aromatic N) is 1. The van der Waals surface area contributed by atoms with E-state index in [0.717, 1.165) is 42.7 Å². The second-order valence-corrected chi connectivity index (χ2v) is 5.43. The maximum Gasteiger partial charge on any atom is 0.241 e. The zero-order valence-electron chi connectivity index (χ0n) is 11.6. The fourth-order valence-corrected chi connectivity index (χ4v) is 2.87. The Balaban J connectivity index is 1.75. The van der Waals surface area contributed by atoms with Gasteiger partial charge in [-0.2, -0.15) is 0 Å². The van der Waals surface area contributed by atoms with Crippen LogP contribution in [0.4, 0.5) is 11.4 Å². The van der Waals surface area contributed by atoms with E-state index in [1.165, 1.54) is 0 Å². The van der Waals surface area contributed by atoms with Crippen LogP contribution in [0.25, 0.3) is 0 Å². The van der Waals surface area contributed by atoms with Crippen LogP contribution in [0.15, 0.2) is 18.2 Å². The summed E-state index contributed by atoms with van der Waals surface area (Å²) in [5.74, 6) is 0.173. The van der Waals surface area contributed by atoms with Crippen molar-refractivity contribution in [3.8, 4) is 0 Å². The van der Waals surface area contributed by atoms with Crippen molar-refractivity contribution < 1.29 is 9.59 Å². The van der Waals surface area contributed by atoms with Crippen molar-refractivity contribution in [1.29, 1.82) is 0 Å². The summed E-state index contributed by atoms with van der Waals surface area (Å²) < 4.78 is 0. The lowest BCUT2D eigenvalue weighted by atomic mass is 10.0. The molecule has 0 saturated carbocycles. The fourth-order valence-electron chi connectivity index (χ4n) is 2.87. The summed E-state index contributed by atoms with van der Waals surface area (Å²) in [6.45, 7) is 0.912. The lowest BCUT2D eigenvalue weighted by Gasteiger charge is -2.26. The van der Waals surface area contributed by atoms with E-state index >= 15 is 0 Å². The maximum absolute atomic E-state index is 12.1. The molecule has 1 aromatic carbocycles. The van der Waals surface area contributed by atoms with Gasteiger partial charge in [0.25, 0.3) is 0 Å². The molecule has 0 aliphatic carbocycles. The normalized spacial score (nSPS) is 21.8. The Hall–Kier alpha value is -1.88. The van der Waals surface area contributed by atoms with Crippen molar-refractivity contribution in [3.63, 3.8) is 0 Å². The second-order valence-electron chi connectivity index (χ2n) is 5.43. The standard InChI is InChI=1S/C15H19N3O2/c1-18-13-6-5-11(9-10(13)4-7-14(18)19)17-15(20)12-3-2-8-16-12/h5-6,9,12,16H,2-4,7-8H2,1H3,(H,17,20). The number of amides is 2. The number of nitrogens with one attached hydrogen (secondary N) is 2. The molecular formula is C15H19N3O2. The van der Waals surface area contributed by atoms with Gasteiger partial charge in [-0.25, -0.2) is 0 Å². The summed E-state index contributed by atoms with van der Waals surface area (Å²) in [6.07, 6.45) is 3.22. The number of hydrogen-bond acceptors (Lipinski definition) is 3. The quantitative estimate of drug-likeness (QED) is 0.853. The third-order valence-electron chi connectivity index (χ3n) is 4.07. The van der Waals surface area contributed by atoms with Gasteiger partial charge in [-0.05, 0) is 49.6 Å². The molecular weight excluding hydrogens is 254 g/mol. The molecule has 0 aromatic heterocycles. The summed E-state index contributed by atoms with van der Waals surface area (Å²) in [5.41, 5.74) is 2.87. The number of anilines is 2. The molecule has 5 heteroatoms. The molecule has 2 N–H and O–H groups in total. The van der Waals surface area contributed by atoms with Gasteiger partial charge in [0.15, 0.2) is 0 Å². The van der Waals surface area contributed by atoms with Gasteiger partial charge >= 0.3 is 0 Å². The van der Waals surface area contributed by atoms with E-state index in [2.05, 4.69) is 10.6 Å². The highest BCUT2D eigenvalue weighted by molar-refractivity contribution is 5.98. The summed E-state index contributed by atoms with van der Waals surface area (Å²) in [7, 11) is 1.79. The van der Waals surface area contributed by atoms with E-state index in [1.807, 2.05) is 18.2 Å². The third-order valence-corrected chi connectivity index (χ3v) is 4.07. The number of fused-ring (bicyclic) bond motifs is 1. The first-order chi connectivity index (χ1) is 9.65. The maximum atomic E-state index is 12.1. The highest BCUT2D eigenvalue weighted by atomic mass is 16.2. The van der Waals surface area contributed by atoms with Gasteiger partial charge in [0.2, 0.25) is 11.8 Å². The van der Waals surface area contributed by atoms with Crippen LogP contribution >= 0.6 is 0 Å². The van der Waals surface area contributed by atoms with E-state index < -0.39 is 0 Å². The molecule has 0 bridgehead atoms. The number of hydrogen-bond donors (Lipinski definition) is 2. The predicted octanol–water partition coefficient (Wildman–Crippen LogP) is 1.29. The molecule has 1 atom stereocenters. The number of aryl methyl sites for hydroxylation is 1. The summed E-state index contributed by atoms with van der Waals surface area (Å²) in [6, 6.07) is 5.67. The molecule has 2 aliphatic rings. The summed E-state index contributed by atoms with van der Waals surface area (Å²) in [4.78, 5) is 25.4. The highest BCUT2D eigenvalue weighted by Crippen LogP contribution is 2.29. The van der Waals surface area contributed by atoms with Gasteiger partial charge in [0.05, 0.1) is 6.04 Å². The monoisotopic (exact) mass is 273 g/mol. The Kier molecular flexibility index (Phi) is 3.44. The zero-order chi connectivity index (χ0) is 14.1. The Morgan fingerprint density at radius 2 is 2.25 bits per heavy atom. The molecule has 1 aromatic rings. The molecule has 1 fully saturated rings. The summed E-state index contributed by atoms with van der Waals surface area (Å²) in [5, 5.41) is 6.14. The van der Waals surface area contributed by atoms with Crippen molar-refractivity contribution in [2.24, 2.45) is 0 Å². The average Bonchev–Trinajstić information content (AvgIpc) is 2.97. The van der Waals surface area contributed by atoms with E-state index in [9.17, 15) is 9.59 Å². The molecule has 2 heterocycles. The first-order valence-corrected chi connectivity index (χ1v) is 7.09. The van der Waals surface area contributed by atoms with Gasteiger partial charge in [-0.3, -0.25) is 9.59 Å². The fraction of sp³-hybridized carbons (Fsp3) is 0.467. The Bertz CT molecular complexity index is 550. The van der Waals surface area contributed by atoms with E-state index in [-0.39, 0.29) is 17.9 Å². The molecule has 0 radical (unpaired) electrons. The van der Waals surface area contributed by atoms with Crippen molar-refractivity contribution in [2.45, 2.75) is 31.7 Å². The first kappa shape index (κ1) is 13.1. The van der Waals surface area contributed by atoms with Crippen molar-refractivity contribution >= 4 is 23.2 Å². The van der Waals surface area contributed by atoms with Crippen LogP contribution in [-0.4, -0.2) is 31.4 Å². The lowest BCUT2D eigenvalue weighted by Crippen LogP contribution is -2.35. The first-order valence-electron chi connectivity index (χ1n) is 7.09. The van der Waals surface area contributed by atoms with Crippen LogP contribution in [0, 0.1) is 0 Å². The van der Waals surface area contributed by atoms with Crippen molar-refractivity contribution in [2.75, 3.05) is 23.8 Å². The van der Waals surface area contributed by atoms with Crippen LogP contribution in [-0.2, 0) is 16.0 Å². The minimum Gasteiger partial charge on any atom is -0.325 e. The van der Waals surface area contributed by atoms with E-state index in [1.54, 1.807) is 11.9 Å². The Labute approximate surface area is 118 Å². The van der Waals surface area contributed by atoms with Crippen LogP contribution in [0.1, 0.15) is 24.8 Å². The molecule has 1 saturated heterocycles. The number of carbonyl (C=O) groups is 2. The Morgan fingerprint density at radius 1 is 1.40 bits per heavy atom. The molecule has 2 aliphatic heterocycles. The number of carbonyl (C=O) groups excluding carboxylic acids is 2. The Morgan fingerprint density at radius 3 is 3.00 bits per heavy atom. The molecule has 5 nitrogen and oxygen atoms in total. The van der Waals surface area contributed by atoms with E-state index in [0.29, 0.717) is 6.42 Å². The smallest absolute Gasteiger partial charge is 0.241 e. The van der Waals surface area contributed by atoms with Gasteiger partial charge in [0.1, 0.15) is 0 Å². The summed E-state index contributed by atoms with van der Waals surface area (Å²) >= 11 is 0. The average molecular weight is 273 g/mol. The molecule has 0 spiro atoms. The van der Waals surface area contributed by atoms with Crippen LogP contribution in [0.3, 0.4) is 0 Å². The topological polar surface area (TPSA) is 61.4 Å². The molecule has 20 heavy (non-hydrogen) atoms. The molecule has 1 unspecified atom stereocenters. The van der Waals surface area contributed by atoms with Crippen molar-refractivity contribution in [3.05, 3.63) is 23.8 Å². The lowest BCUT2D eigenvalue weighted by molar-refractivity contribution is -0.119. The minimum atomic E-state index is -0.0738. The minimum absolute atomic E-state index is 0.0303. The molecule has 3 rings (SSSR count). The van der Waals surface area contributed by atoms with Crippen LogP contribution in [0.5, 0.6) is 0 Å². The number of rotatable bonds is 2. The van der Waals surface area contributed by atoms with Crippen LogP contribution < -0.4 is 15.5 Å². The number of benzene rings is 1. The SMILES string of the molecule is CN1C(=O)CCc2cc(NC(=O)C3CCCN3)ccc21. The van der Waals surface area contributed by atoms with Crippen LogP contribution in [0.2, 0.25) is 0 Å². The second kappa shape index (κ2) is 5.25. The molecule has 106 valence electrons. The van der Waals surface area contributed by atoms with Gasteiger partial charge in [-0.15, -0.1) is 0 Å². The third kappa shape index (κ3) is 2.41. The molecule has 2 amide bonds. The predicted molar refractivity (Wildman–Crippen MR) is 77.8 cm³/mol. The highest BCUT2D eigenvalue weighted by Gasteiger charge is 2.23. The van der Waals surface area contributed by atoms with E-state index in [4.69, 9.17) is 0 Å². The van der Waals surface area contributed by atoms with Gasteiger partial charge in [-0.1, -0.05) is 0 Å². The van der Waals surface area contributed by atoms with Crippen molar-refractivity contribution in [1.82, 2.24) is 5.32 Å².